The fourth-order valence-corrected chi connectivity index (χ4v) is 2.54. The third kappa shape index (κ3) is 3.42. The molecule has 1 aliphatic rings. The van der Waals surface area contributed by atoms with Crippen LogP contribution < -0.4 is 16.0 Å². The first-order chi connectivity index (χ1) is 9.61. The number of nitrogens with two attached hydrogens (primary N) is 1. The predicted octanol–water partition coefficient (Wildman–Crippen LogP) is 0.915. The van der Waals surface area contributed by atoms with Crippen LogP contribution in [0.4, 0.5) is 11.4 Å². The van der Waals surface area contributed by atoms with Crippen LogP contribution in [0.2, 0.25) is 0 Å². The molecule has 5 heteroatoms. The second-order valence-electron chi connectivity index (χ2n) is 5.19. The van der Waals surface area contributed by atoms with E-state index in [1.165, 1.54) is 5.69 Å². The Balaban J connectivity index is 1.89. The molecule has 1 aromatic rings. The van der Waals surface area contributed by atoms with Gasteiger partial charge in [0.05, 0.1) is 6.04 Å². The summed E-state index contributed by atoms with van der Waals surface area (Å²) in [6, 6.07) is 7.91. The summed E-state index contributed by atoms with van der Waals surface area (Å²) in [6.07, 6.45) is 0. The molecule has 5 nitrogen and oxygen atoms in total. The smallest absolute Gasteiger partial charge is 0.237 e. The van der Waals surface area contributed by atoms with Crippen LogP contribution in [0.25, 0.3) is 0 Å². The number of likely N-dealkylation sites (N-methyl/N-ethyl adjacent to an activating group) is 1. The number of piperazine rings is 1. The molecule has 1 atom stereocenters. The summed E-state index contributed by atoms with van der Waals surface area (Å²) in [5.41, 5.74) is 7.70. The number of hydrogen-bond donors (Lipinski definition) is 2. The lowest BCUT2D eigenvalue weighted by Gasteiger charge is -2.38. The lowest BCUT2D eigenvalue weighted by molar-refractivity contribution is -0.125. The van der Waals surface area contributed by atoms with E-state index in [1.807, 2.05) is 26.0 Å². The summed E-state index contributed by atoms with van der Waals surface area (Å²) in [5.74, 6) is 0.119. The normalized spacial score (nSPS) is 17.8. The van der Waals surface area contributed by atoms with Crippen molar-refractivity contribution in [3.63, 3.8) is 0 Å². The van der Waals surface area contributed by atoms with Gasteiger partial charge in [-0.05, 0) is 38.1 Å². The van der Waals surface area contributed by atoms with Gasteiger partial charge in [0.1, 0.15) is 0 Å². The lowest BCUT2D eigenvalue weighted by atomic mass is 10.2. The molecule has 1 aliphatic heterocycles. The molecule has 110 valence electrons. The topological polar surface area (TPSA) is 61.6 Å². The maximum atomic E-state index is 11.9. The molecule has 0 bridgehead atoms. The highest BCUT2D eigenvalue weighted by Gasteiger charge is 2.25. The van der Waals surface area contributed by atoms with E-state index in [9.17, 15) is 4.79 Å². The maximum absolute atomic E-state index is 11.9. The zero-order valence-electron chi connectivity index (χ0n) is 12.3. The van der Waals surface area contributed by atoms with Gasteiger partial charge in [-0.3, -0.25) is 9.69 Å². The first kappa shape index (κ1) is 14.7. The van der Waals surface area contributed by atoms with Crippen molar-refractivity contribution in [3.05, 3.63) is 24.3 Å². The number of anilines is 2. The van der Waals surface area contributed by atoms with E-state index < -0.39 is 0 Å². The van der Waals surface area contributed by atoms with E-state index in [-0.39, 0.29) is 11.9 Å². The summed E-state index contributed by atoms with van der Waals surface area (Å²) in [7, 11) is 0. The van der Waals surface area contributed by atoms with Crippen molar-refractivity contribution < 1.29 is 4.79 Å². The molecular weight excluding hydrogens is 252 g/mol. The van der Waals surface area contributed by atoms with Crippen LogP contribution in [0.15, 0.2) is 24.3 Å². The van der Waals surface area contributed by atoms with Crippen LogP contribution in [0.3, 0.4) is 0 Å². The third-order valence-electron chi connectivity index (χ3n) is 3.85. The Labute approximate surface area is 120 Å². The molecule has 3 N–H and O–H groups in total. The molecule has 20 heavy (non-hydrogen) atoms. The van der Waals surface area contributed by atoms with Gasteiger partial charge in [0, 0.05) is 44.1 Å². The van der Waals surface area contributed by atoms with Crippen molar-refractivity contribution in [1.29, 1.82) is 0 Å². The SMILES string of the molecule is CCNC(=O)C(C)N1CCN(c2ccc(N)cc2)CC1. The Morgan fingerprint density at radius 3 is 2.40 bits per heavy atom. The minimum Gasteiger partial charge on any atom is -0.399 e. The first-order valence-corrected chi connectivity index (χ1v) is 7.24. The van der Waals surface area contributed by atoms with Gasteiger partial charge in [-0.1, -0.05) is 0 Å². The highest BCUT2D eigenvalue weighted by Crippen LogP contribution is 2.18. The van der Waals surface area contributed by atoms with Crippen LogP contribution in [-0.2, 0) is 4.79 Å². The average Bonchev–Trinajstić information content (AvgIpc) is 2.48. The number of rotatable bonds is 4. The van der Waals surface area contributed by atoms with E-state index in [0.29, 0.717) is 6.54 Å². The van der Waals surface area contributed by atoms with Crippen LogP contribution in [0.5, 0.6) is 0 Å². The van der Waals surface area contributed by atoms with Gasteiger partial charge in [0.15, 0.2) is 0 Å². The monoisotopic (exact) mass is 276 g/mol. The molecule has 1 amide bonds. The second-order valence-corrected chi connectivity index (χ2v) is 5.19. The molecule has 0 aromatic heterocycles. The molecule has 1 aromatic carbocycles. The second kappa shape index (κ2) is 6.61. The molecule has 2 rings (SSSR count). The Hall–Kier alpha value is -1.75. The standard InChI is InChI=1S/C15H24N4O/c1-3-17-15(20)12(2)18-8-10-19(11-9-18)14-6-4-13(16)5-7-14/h4-7,12H,3,8-11,16H2,1-2H3,(H,17,20). The number of hydrogen-bond acceptors (Lipinski definition) is 4. The molecule has 0 saturated carbocycles. The maximum Gasteiger partial charge on any atom is 0.237 e. The van der Waals surface area contributed by atoms with Gasteiger partial charge >= 0.3 is 0 Å². The van der Waals surface area contributed by atoms with Gasteiger partial charge in [-0.15, -0.1) is 0 Å². The number of benzene rings is 1. The minimum absolute atomic E-state index is 0.0523. The Morgan fingerprint density at radius 1 is 1.25 bits per heavy atom. The minimum atomic E-state index is -0.0523. The molecular formula is C15H24N4O. The third-order valence-corrected chi connectivity index (χ3v) is 3.85. The summed E-state index contributed by atoms with van der Waals surface area (Å²) >= 11 is 0. The molecule has 1 unspecified atom stereocenters. The largest absolute Gasteiger partial charge is 0.399 e. The van der Waals surface area contributed by atoms with E-state index in [1.54, 1.807) is 0 Å². The molecule has 0 radical (unpaired) electrons. The molecule has 0 aliphatic carbocycles. The van der Waals surface area contributed by atoms with Crippen molar-refractivity contribution in [2.45, 2.75) is 19.9 Å². The highest BCUT2D eigenvalue weighted by atomic mass is 16.2. The van der Waals surface area contributed by atoms with Crippen molar-refractivity contribution >= 4 is 17.3 Å². The van der Waals surface area contributed by atoms with Crippen LogP contribution in [0, 0.1) is 0 Å². The average molecular weight is 276 g/mol. The fourth-order valence-electron chi connectivity index (χ4n) is 2.54. The zero-order valence-corrected chi connectivity index (χ0v) is 12.3. The van der Waals surface area contributed by atoms with E-state index in [0.717, 1.165) is 31.9 Å². The van der Waals surface area contributed by atoms with E-state index in [2.05, 4.69) is 27.2 Å². The first-order valence-electron chi connectivity index (χ1n) is 7.24. The van der Waals surface area contributed by atoms with Crippen LogP contribution in [0.1, 0.15) is 13.8 Å². The summed E-state index contributed by atoms with van der Waals surface area (Å²) in [6.45, 7) is 8.30. The Morgan fingerprint density at radius 2 is 1.85 bits per heavy atom. The van der Waals surface area contributed by atoms with E-state index in [4.69, 9.17) is 5.73 Å². The number of nitrogens with zero attached hydrogens (tertiary/aromatic N) is 2. The van der Waals surface area contributed by atoms with Crippen molar-refractivity contribution in [3.8, 4) is 0 Å². The summed E-state index contributed by atoms with van der Waals surface area (Å²) in [5, 5.41) is 2.88. The van der Waals surface area contributed by atoms with Gasteiger partial charge in [0.2, 0.25) is 5.91 Å². The highest BCUT2D eigenvalue weighted by molar-refractivity contribution is 5.81. The fraction of sp³-hybridized carbons (Fsp3) is 0.533. The predicted molar refractivity (Wildman–Crippen MR) is 82.8 cm³/mol. The summed E-state index contributed by atoms with van der Waals surface area (Å²) < 4.78 is 0. The van der Waals surface area contributed by atoms with Gasteiger partial charge in [0.25, 0.3) is 0 Å². The molecule has 0 spiro atoms. The van der Waals surface area contributed by atoms with Crippen LogP contribution >= 0.6 is 0 Å². The molecule has 1 saturated heterocycles. The van der Waals surface area contributed by atoms with Crippen LogP contribution in [-0.4, -0.2) is 49.6 Å². The number of nitrogen functional groups attached to an aromatic ring is 1. The Kier molecular flexibility index (Phi) is 4.84. The van der Waals surface area contributed by atoms with Gasteiger partial charge < -0.3 is 16.0 Å². The van der Waals surface area contributed by atoms with Crippen molar-refractivity contribution in [1.82, 2.24) is 10.2 Å². The number of amides is 1. The molecule has 1 heterocycles. The number of carbonyl (C=O) groups is 1. The Bertz CT molecular complexity index is 438. The summed E-state index contributed by atoms with van der Waals surface area (Å²) in [4.78, 5) is 16.4. The number of carbonyl (C=O) groups excluding carboxylic acids is 1. The lowest BCUT2D eigenvalue weighted by Crippen LogP contribution is -2.54. The molecule has 1 fully saturated rings. The van der Waals surface area contributed by atoms with Crippen molar-refractivity contribution in [2.24, 2.45) is 0 Å². The zero-order chi connectivity index (χ0) is 14.5. The van der Waals surface area contributed by atoms with Gasteiger partial charge in [-0.25, -0.2) is 0 Å². The van der Waals surface area contributed by atoms with E-state index >= 15 is 0 Å². The van der Waals surface area contributed by atoms with Crippen molar-refractivity contribution in [2.75, 3.05) is 43.4 Å². The number of nitrogens with one attached hydrogen (secondary N) is 1. The van der Waals surface area contributed by atoms with Gasteiger partial charge in [-0.2, -0.15) is 0 Å². The quantitative estimate of drug-likeness (QED) is 0.803.